The number of carbonyl (C=O) groups excluding carboxylic acids is 2. The van der Waals surface area contributed by atoms with E-state index in [4.69, 9.17) is 20.4 Å². The van der Waals surface area contributed by atoms with Gasteiger partial charge in [0.1, 0.15) is 0 Å². The van der Waals surface area contributed by atoms with Crippen LogP contribution in [0.15, 0.2) is 27.6 Å². The van der Waals surface area contributed by atoms with Gasteiger partial charge in [-0.3, -0.25) is 4.79 Å². The molecule has 1 rings (SSSR count). The Labute approximate surface area is 159 Å². The Balaban J connectivity index is 2.83. The van der Waals surface area contributed by atoms with Crippen LogP contribution < -0.4 is 5.14 Å². The van der Waals surface area contributed by atoms with Gasteiger partial charge >= 0.3 is 5.97 Å². The summed E-state index contributed by atoms with van der Waals surface area (Å²) in [7, 11) is -4.01. The quantitative estimate of drug-likeness (QED) is 0.586. The molecule has 0 aliphatic heterocycles. The maximum atomic E-state index is 12.1. The van der Waals surface area contributed by atoms with Crippen molar-refractivity contribution >= 4 is 37.8 Å². The zero-order chi connectivity index (χ0) is 19.7. The molecule has 0 aliphatic carbocycles. The summed E-state index contributed by atoms with van der Waals surface area (Å²) >= 11 is 3.10. The third-order valence-electron chi connectivity index (χ3n) is 3.15. The molecule has 0 heterocycles. The number of nitrogens with zero attached hydrogens (tertiary/aromatic N) is 3. The van der Waals surface area contributed by atoms with Crippen molar-refractivity contribution in [1.29, 1.82) is 10.5 Å². The maximum absolute atomic E-state index is 12.1. The highest BCUT2D eigenvalue weighted by Crippen LogP contribution is 2.21. The second-order valence-electron chi connectivity index (χ2n) is 4.96. The molecule has 0 unspecified atom stereocenters. The van der Waals surface area contributed by atoms with Crippen molar-refractivity contribution in [2.75, 3.05) is 19.7 Å². The van der Waals surface area contributed by atoms with E-state index in [1.807, 2.05) is 12.1 Å². The van der Waals surface area contributed by atoms with Gasteiger partial charge in [0.25, 0.3) is 5.91 Å². The lowest BCUT2D eigenvalue weighted by molar-refractivity contribution is -0.134. The number of ether oxygens (including phenoxy) is 1. The van der Waals surface area contributed by atoms with E-state index in [0.717, 1.165) is 6.07 Å². The Morgan fingerprint density at radius 3 is 2.27 bits per heavy atom. The lowest BCUT2D eigenvalue weighted by Gasteiger charge is -2.20. The molecule has 0 saturated carbocycles. The van der Waals surface area contributed by atoms with Crippen LogP contribution in [0.3, 0.4) is 0 Å². The molecular formula is C15H15BrN4O5S. The average molecular weight is 443 g/mol. The molecule has 1 amide bonds. The van der Waals surface area contributed by atoms with Gasteiger partial charge in [-0.2, -0.15) is 10.5 Å². The van der Waals surface area contributed by atoms with Gasteiger partial charge in [-0.05, 0) is 34.1 Å². The van der Waals surface area contributed by atoms with E-state index in [0.29, 0.717) is 0 Å². The van der Waals surface area contributed by atoms with Crippen molar-refractivity contribution in [3.8, 4) is 12.1 Å². The second kappa shape index (κ2) is 9.87. The first-order valence-corrected chi connectivity index (χ1v) is 9.55. The maximum Gasteiger partial charge on any atom is 0.339 e. The fraction of sp³-hybridized carbons (Fsp3) is 0.333. The van der Waals surface area contributed by atoms with Crippen molar-refractivity contribution in [3.05, 3.63) is 28.2 Å². The predicted molar refractivity (Wildman–Crippen MR) is 92.8 cm³/mol. The molecule has 0 saturated heterocycles. The molecule has 0 radical (unpaired) electrons. The van der Waals surface area contributed by atoms with Crippen molar-refractivity contribution in [2.24, 2.45) is 5.14 Å². The van der Waals surface area contributed by atoms with Gasteiger partial charge in [0.2, 0.25) is 10.0 Å². The number of nitriles is 2. The number of hydrogen-bond acceptors (Lipinski definition) is 7. The van der Waals surface area contributed by atoms with Crippen LogP contribution in [0.1, 0.15) is 23.2 Å². The van der Waals surface area contributed by atoms with Crippen LogP contribution in [0.25, 0.3) is 0 Å². The summed E-state index contributed by atoms with van der Waals surface area (Å²) in [5, 5.41) is 22.2. The number of benzene rings is 1. The standard InChI is InChI=1S/C15H15BrN4O5S/c16-13-4-3-11(26(19,23)24)9-12(13)15(22)25-10-14(21)20(7-1-5-17)8-2-6-18/h3-4,9H,1-2,7-8,10H2,(H2,19,23,24). The Bertz CT molecular complexity index is 855. The number of amides is 1. The molecular weight excluding hydrogens is 428 g/mol. The number of esters is 1. The summed E-state index contributed by atoms with van der Waals surface area (Å²) < 4.78 is 27.9. The molecule has 2 N–H and O–H groups in total. The van der Waals surface area contributed by atoms with E-state index in [1.54, 1.807) is 0 Å². The number of hydrogen-bond donors (Lipinski definition) is 1. The monoisotopic (exact) mass is 442 g/mol. The van der Waals surface area contributed by atoms with Crippen LogP contribution in [0.4, 0.5) is 0 Å². The van der Waals surface area contributed by atoms with Gasteiger partial charge < -0.3 is 9.64 Å². The summed E-state index contributed by atoms with van der Waals surface area (Å²) in [4.78, 5) is 25.2. The van der Waals surface area contributed by atoms with Gasteiger partial charge in [-0.1, -0.05) is 0 Å². The number of rotatable bonds is 8. The second-order valence-corrected chi connectivity index (χ2v) is 7.38. The van der Waals surface area contributed by atoms with E-state index in [1.165, 1.54) is 17.0 Å². The first-order chi connectivity index (χ1) is 12.2. The third kappa shape index (κ3) is 6.44. The topological polar surface area (TPSA) is 154 Å². The first-order valence-electron chi connectivity index (χ1n) is 7.22. The van der Waals surface area contributed by atoms with Gasteiger partial charge in [0.05, 0.1) is 35.4 Å². The van der Waals surface area contributed by atoms with Gasteiger partial charge in [-0.15, -0.1) is 0 Å². The largest absolute Gasteiger partial charge is 0.452 e. The van der Waals surface area contributed by atoms with E-state index in [9.17, 15) is 18.0 Å². The molecule has 138 valence electrons. The van der Waals surface area contributed by atoms with Crippen molar-refractivity contribution in [1.82, 2.24) is 4.90 Å². The molecule has 1 aromatic carbocycles. The minimum Gasteiger partial charge on any atom is -0.452 e. The molecule has 0 bridgehead atoms. The zero-order valence-electron chi connectivity index (χ0n) is 13.5. The molecule has 0 spiro atoms. The summed E-state index contributed by atoms with van der Waals surface area (Å²) in [5.41, 5.74) is -0.107. The number of sulfonamides is 1. The van der Waals surface area contributed by atoms with Crippen molar-refractivity contribution in [3.63, 3.8) is 0 Å². The fourth-order valence-electron chi connectivity index (χ4n) is 1.87. The molecule has 1 aromatic rings. The Morgan fingerprint density at radius 2 is 1.77 bits per heavy atom. The molecule has 0 fully saturated rings. The first kappa shape index (κ1) is 21.6. The Morgan fingerprint density at radius 1 is 1.19 bits per heavy atom. The number of carbonyl (C=O) groups is 2. The number of nitrogens with two attached hydrogens (primary N) is 1. The van der Waals surface area contributed by atoms with E-state index in [-0.39, 0.29) is 40.9 Å². The zero-order valence-corrected chi connectivity index (χ0v) is 15.9. The SMILES string of the molecule is N#CCCN(CCC#N)C(=O)COC(=O)c1cc(S(N)(=O)=O)ccc1Br. The van der Waals surface area contributed by atoms with Crippen LogP contribution in [-0.2, 0) is 19.6 Å². The summed E-state index contributed by atoms with van der Waals surface area (Å²) in [6, 6.07) is 7.35. The minimum atomic E-state index is -4.01. The third-order valence-corrected chi connectivity index (χ3v) is 4.76. The normalized spacial score (nSPS) is 10.5. The Kier molecular flexibility index (Phi) is 8.19. The highest BCUT2D eigenvalue weighted by atomic mass is 79.9. The molecule has 26 heavy (non-hydrogen) atoms. The van der Waals surface area contributed by atoms with Gasteiger partial charge in [-0.25, -0.2) is 18.4 Å². The fourth-order valence-corrected chi connectivity index (χ4v) is 2.81. The van der Waals surface area contributed by atoms with Gasteiger partial charge in [0.15, 0.2) is 6.61 Å². The van der Waals surface area contributed by atoms with Gasteiger partial charge in [0, 0.05) is 17.6 Å². The molecule has 0 atom stereocenters. The van der Waals surface area contributed by atoms with Crippen LogP contribution in [0, 0.1) is 22.7 Å². The van der Waals surface area contributed by atoms with E-state index >= 15 is 0 Å². The van der Waals surface area contributed by atoms with E-state index in [2.05, 4.69) is 15.9 Å². The Hall–Kier alpha value is -2.47. The van der Waals surface area contributed by atoms with Crippen molar-refractivity contribution < 1.29 is 22.7 Å². The summed E-state index contributed by atoms with van der Waals surface area (Å²) in [6.45, 7) is -0.389. The van der Waals surface area contributed by atoms with E-state index < -0.39 is 28.5 Å². The molecule has 9 nitrogen and oxygen atoms in total. The average Bonchev–Trinajstić information content (AvgIpc) is 2.58. The smallest absolute Gasteiger partial charge is 0.339 e. The minimum absolute atomic E-state index is 0.0765. The molecule has 11 heteroatoms. The molecule has 0 aliphatic rings. The highest BCUT2D eigenvalue weighted by molar-refractivity contribution is 9.10. The lowest BCUT2D eigenvalue weighted by Crippen LogP contribution is -2.36. The van der Waals surface area contributed by atoms with Crippen molar-refractivity contribution in [2.45, 2.75) is 17.7 Å². The highest BCUT2D eigenvalue weighted by Gasteiger charge is 2.19. The number of halogens is 1. The predicted octanol–water partition coefficient (Wildman–Crippen LogP) is 0.909. The lowest BCUT2D eigenvalue weighted by atomic mass is 10.2. The summed E-state index contributed by atoms with van der Waals surface area (Å²) in [5.74, 6) is -1.49. The summed E-state index contributed by atoms with van der Waals surface area (Å²) in [6.07, 6.45) is 0.153. The van der Waals surface area contributed by atoms with Crippen LogP contribution in [0.5, 0.6) is 0 Å². The van der Waals surface area contributed by atoms with Crippen LogP contribution in [0.2, 0.25) is 0 Å². The van der Waals surface area contributed by atoms with Crippen LogP contribution >= 0.6 is 15.9 Å². The van der Waals surface area contributed by atoms with Crippen LogP contribution in [-0.4, -0.2) is 44.9 Å². The number of primary sulfonamides is 1. The molecule has 0 aromatic heterocycles.